The van der Waals surface area contributed by atoms with Crippen molar-refractivity contribution >= 4 is 30.7 Å². The summed E-state index contributed by atoms with van der Waals surface area (Å²) >= 11 is 0. The lowest BCUT2D eigenvalue weighted by molar-refractivity contribution is -0.126. The number of hydrogen-bond acceptors (Lipinski definition) is 3. The van der Waals surface area contributed by atoms with Gasteiger partial charge < -0.3 is 11.1 Å². The number of carbonyl (C=O) groups is 1. The standard InChI is InChI=1S/C14H27N3O.2ClH/c1-12-6-2-5-10-17(12)11-9-16-13(18)14(15)7-3-4-8-14;;/h12H,2-11,15H2,1H3,(H,16,18);2*1H. The molecule has 6 heteroatoms. The van der Waals surface area contributed by atoms with Crippen LogP contribution in [0.2, 0.25) is 0 Å². The predicted molar refractivity (Wildman–Crippen MR) is 87.8 cm³/mol. The van der Waals surface area contributed by atoms with Gasteiger partial charge in [-0.3, -0.25) is 9.69 Å². The summed E-state index contributed by atoms with van der Waals surface area (Å²) < 4.78 is 0. The van der Waals surface area contributed by atoms with E-state index in [-0.39, 0.29) is 30.7 Å². The lowest BCUT2D eigenvalue weighted by Crippen LogP contribution is -2.53. The number of nitrogens with one attached hydrogen (secondary N) is 1. The molecule has 1 amide bonds. The number of hydrogen-bond donors (Lipinski definition) is 2. The summed E-state index contributed by atoms with van der Waals surface area (Å²) in [6.45, 7) is 5.15. The molecule has 0 aromatic rings. The Bertz CT molecular complexity index is 296. The lowest BCUT2D eigenvalue weighted by Gasteiger charge is -2.33. The molecule has 0 radical (unpaired) electrons. The predicted octanol–water partition coefficient (Wildman–Crippen LogP) is 2.09. The molecule has 0 bridgehead atoms. The second kappa shape index (κ2) is 9.08. The third-order valence-corrected chi connectivity index (χ3v) is 4.57. The van der Waals surface area contributed by atoms with E-state index in [9.17, 15) is 4.79 Å². The van der Waals surface area contributed by atoms with E-state index in [1.807, 2.05) is 0 Å². The minimum Gasteiger partial charge on any atom is -0.353 e. The average molecular weight is 326 g/mol. The number of carbonyl (C=O) groups excluding carboxylic acids is 1. The van der Waals surface area contributed by atoms with Gasteiger partial charge in [0, 0.05) is 19.1 Å². The number of piperidine rings is 1. The first kappa shape index (κ1) is 20.0. The zero-order chi connectivity index (χ0) is 13.0. The molecule has 1 saturated carbocycles. The van der Waals surface area contributed by atoms with Gasteiger partial charge in [0.15, 0.2) is 0 Å². The summed E-state index contributed by atoms with van der Waals surface area (Å²) in [5.74, 6) is 0.0599. The molecule has 1 saturated heterocycles. The van der Waals surface area contributed by atoms with Crippen molar-refractivity contribution in [3.8, 4) is 0 Å². The van der Waals surface area contributed by atoms with Crippen LogP contribution in [0.15, 0.2) is 0 Å². The molecular formula is C14H29Cl2N3O. The van der Waals surface area contributed by atoms with Crippen molar-refractivity contribution in [2.75, 3.05) is 19.6 Å². The highest BCUT2D eigenvalue weighted by Crippen LogP contribution is 2.27. The Balaban J connectivity index is 0.00000180. The largest absolute Gasteiger partial charge is 0.353 e. The minimum absolute atomic E-state index is 0. The number of amides is 1. The lowest BCUT2D eigenvalue weighted by atomic mass is 9.98. The van der Waals surface area contributed by atoms with E-state index in [2.05, 4.69) is 17.1 Å². The molecule has 1 aliphatic heterocycles. The van der Waals surface area contributed by atoms with E-state index in [1.165, 1.54) is 25.8 Å². The molecule has 1 atom stereocenters. The number of rotatable bonds is 4. The molecule has 1 heterocycles. The van der Waals surface area contributed by atoms with Crippen LogP contribution in [0.5, 0.6) is 0 Å². The Labute approximate surface area is 135 Å². The highest BCUT2D eigenvalue weighted by atomic mass is 35.5. The number of nitrogens with two attached hydrogens (primary N) is 1. The minimum atomic E-state index is -0.576. The van der Waals surface area contributed by atoms with Crippen molar-refractivity contribution in [1.82, 2.24) is 10.2 Å². The zero-order valence-electron chi connectivity index (χ0n) is 12.4. The number of nitrogens with zero attached hydrogens (tertiary/aromatic N) is 1. The van der Waals surface area contributed by atoms with Crippen molar-refractivity contribution in [2.24, 2.45) is 5.73 Å². The molecule has 0 spiro atoms. The number of halogens is 2. The normalized spacial score (nSPS) is 25.4. The highest BCUT2D eigenvalue weighted by Gasteiger charge is 2.36. The molecular weight excluding hydrogens is 297 g/mol. The van der Waals surface area contributed by atoms with Crippen LogP contribution in [0.4, 0.5) is 0 Å². The highest BCUT2D eigenvalue weighted by molar-refractivity contribution is 5.86. The summed E-state index contributed by atoms with van der Waals surface area (Å²) in [4.78, 5) is 14.5. The summed E-state index contributed by atoms with van der Waals surface area (Å²) in [6.07, 6.45) is 7.79. The van der Waals surface area contributed by atoms with Crippen LogP contribution in [0.25, 0.3) is 0 Å². The third-order valence-electron chi connectivity index (χ3n) is 4.57. The molecule has 1 aliphatic carbocycles. The topological polar surface area (TPSA) is 58.4 Å². The fraction of sp³-hybridized carbons (Fsp3) is 0.929. The summed E-state index contributed by atoms with van der Waals surface area (Å²) in [6, 6.07) is 0.661. The van der Waals surface area contributed by atoms with Crippen LogP contribution >= 0.6 is 24.8 Å². The summed E-state index contributed by atoms with van der Waals surface area (Å²) in [5.41, 5.74) is 5.55. The molecule has 20 heavy (non-hydrogen) atoms. The molecule has 2 rings (SSSR count). The molecule has 4 nitrogen and oxygen atoms in total. The van der Waals surface area contributed by atoms with Gasteiger partial charge in [0.1, 0.15) is 0 Å². The molecule has 0 aromatic heterocycles. The Hall–Kier alpha value is -0.0300. The van der Waals surface area contributed by atoms with Crippen molar-refractivity contribution < 1.29 is 4.79 Å². The molecule has 0 aromatic carbocycles. The van der Waals surface area contributed by atoms with Crippen molar-refractivity contribution in [1.29, 1.82) is 0 Å². The van der Waals surface area contributed by atoms with Crippen molar-refractivity contribution in [2.45, 2.75) is 63.5 Å². The van der Waals surface area contributed by atoms with Crippen LogP contribution in [0.3, 0.4) is 0 Å². The van der Waals surface area contributed by atoms with Crippen molar-refractivity contribution in [3.63, 3.8) is 0 Å². The Morgan fingerprint density at radius 2 is 1.90 bits per heavy atom. The van der Waals surface area contributed by atoms with Gasteiger partial charge >= 0.3 is 0 Å². The van der Waals surface area contributed by atoms with E-state index in [4.69, 9.17) is 5.73 Å². The first-order valence-electron chi connectivity index (χ1n) is 7.43. The Morgan fingerprint density at radius 1 is 1.25 bits per heavy atom. The van der Waals surface area contributed by atoms with Crippen LogP contribution in [0.1, 0.15) is 51.9 Å². The molecule has 120 valence electrons. The van der Waals surface area contributed by atoms with Crippen LogP contribution in [0, 0.1) is 0 Å². The van der Waals surface area contributed by atoms with E-state index < -0.39 is 5.54 Å². The third kappa shape index (κ3) is 5.06. The van der Waals surface area contributed by atoms with Gasteiger partial charge in [0.05, 0.1) is 5.54 Å². The number of likely N-dealkylation sites (tertiary alicyclic amines) is 1. The average Bonchev–Trinajstić information content (AvgIpc) is 2.80. The quantitative estimate of drug-likeness (QED) is 0.832. The Kier molecular flexibility index (Phi) is 9.07. The van der Waals surface area contributed by atoms with Gasteiger partial charge in [-0.1, -0.05) is 19.3 Å². The monoisotopic (exact) mass is 325 g/mol. The van der Waals surface area contributed by atoms with Gasteiger partial charge in [0.25, 0.3) is 0 Å². The van der Waals surface area contributed by atoms with Gasteiger partial charge in [-0.15, -0.1) is 24.8 Å². The Morgan fingerprint density at radius 3 is 2.50 bits per heavy atom. The first-order chi connectivity index (χ1) is 8.62. The SMILES string of the molecule is CC1CCCCN1CCNC(=O)C1(N)CCCC1.Cl.Cl. The fourth-order valence-corrected chi connectivity index (χ4v) is 3.21. The van der Waals surface area contributed by atoms with Gasteiger partial charge in [-0.25, -0.2) is 0 Å². The van der Waals surface area contributed by atoms with Crippen LogP contribution in [-0.2, 0) is 4.79 Å². The van der Waals surface area contributed by atoms with E-state index in [0.29, 0.717) is 6.04 Å². The maximum atomic E-state index is 12.0. The van der Waals surface area contributed by atoms with Gasteiger partial charge in [0.2, 0.25) is 5.91 Å². The van der Waals surface area contributed by atoms with E-state index in [1.54, 1.807) is 0 Å². The van der Waals surface area contributed by atoms with Gasteiger partial charge in [-0.2, -0.15) is 0 Å². The first-order valence-corrected chi connectivity index (χ1v) is 7.43. The second-order valence-corrected chi connectivity index (χ2v) is 6.00. The van der Waals surface area contributed by atoms with Gasteiger partial charge in [-0.05, 0) is 39.2 Å². The maximum absolute atomic E-state index is 12.0. The zero-order valence-corrected chi connectivity index (χ0v) is 14.0. The second-order valence-electron chi connectivity index (χ2n) is 6.00. The van der Waals surface area contributed by atoms with Crippen molar-refractivity contribution in [3.05, 3.63) is 0 Å². The van der Waals surface area contributed by atoms with E-state index in [0.717, 1.165) is 38.8 Å². The molecule has 3 N–H and O–H groups in total. The molecule has 1 unspecified atom stereocenters. The van der Waals surface area contributed by atoms with Crippen LogP contribution < -0.4 is 11.1 Å². The fourth-order valence-electron chi connectivity index (χ4n) is 3.21. The maximum Gasteiger partial charge on any atom is 0.240 e. The molecule has 2 fully saturated rings. The van der Waals surface area contributed by atoms with Crippen LogP contribution in [-0.4, -0.2) is 42.0 Å². The smallest absolute Gasteiger partial charge is 0.240 e. The summed E-state index contributed by atoms with van der Waals surface area (Å²) in [5, 5.41) is 3.03. The summed E-state index contributed by atoms with van der Waals surface area (Å²) in [7, 11) is 0. The van der Waals surface area contributed by atoms with E-state index >= 15 is 0 Å². The molecule has 2 aliphatic rings.